The fourth-order valence-corrected chi connectivity index (χ4v) is 8.16. The van der Waals surface area contributed by atoms with Crippen molar-refractivity contribution in [1.29, 1.82) is 0 Å². The lowest BCUT2D eigenvalue weighted by Gasteiger charge is -2.19. The third kappa shape index (κ3) is 46.1. The second-order valence-electron chi connectivity index (χ2n) is 17.0. The van der Waals surface area contributed by atoms with Crippen LogP contribution in [0, 0.1) is 0 Å². The monoisotopic (exact) mass is 858 g/mol. The summed E-state index contributed by atoms with van der Waals surface area (Å²) in [5.74, 6) is -0.839. The zero-order valence-corrected chi connectivity index (χ0v) is 39.7. The van der Waals surface area contributed by atoms with Crippen LogP contribution in [0.4, 0.5) is 0 Å². The van der Waals surface area contributed by atoms with Crippen LogP contribution < -0.4 is 5.73 Å². The summed E-state index contributed by atoms with van der Waals surface area (Å²) in [6.07, 6.45) is 49.7. The van der Waals surface area contributed by atoms with E-state index in [0.717, 1.165) is 32.1 Å². The number of phosphoric acid groups is 1. The average molecular weight is 858 g/mol. The number of phosphoric ester groups is 1. The Kier molecular flexibility index (Phi) is 45.3. The predicted octanol–water partition coefficient (Wildman–Crippen LogP) is 15.0. The van der Waals surface area contributed by atoms with Crippen LogP contribution in [0.15, 0.2) is 12.2 Å². The molecule has 0 rings (SSSR count). The van der Waals surface area contributed by atoms with Gasteiger partial charge in [0.05, 0.1) is 13.2 Å². The first-order chi connectivity index (χ1) is 28.8. The van der Waals surface area contributed by atoms with Crippen LogP contribution in [0.5, 0.6) is 0 Å². The van der Waals surface area contributed by atoms with Crippen LogP contribution in [0.1, 0.15) is 258 Å². The lowest BCUT2D eigenvalue weighted by molar-refractivity contribution is -0.161. The van der Waals surface area contributed by atoms with Crippen molar-refractivity contribution in [3.63, 3.8) is 0 Å². The van der Waals surface area contributed by atoms with E-state index in [1.54, 1.807) is 0 Å². The van der Waals surface area contributed by atoms with Gasteiger partial charge in [-0.2, -0.15) is 0 Å². The quantitative estimate of drug-likeness (QED) is 0.0265. The van der Waals surface area contributed by atoms with E-state index in [-0.39, 0.29) is 32.6 Å². The lowest BCUT2D eigenvalue weighted by Crippen LogP contribution is -2.29. The summed E-state index contributed by atoms with van der Waals surface area (Å²) in [6, 6.07) is 0. The second kappa shape index (κ2) is 46.3. The summed E-state index contributed by atoms with van der Waals surface area (Å²) in [7, 11) is -4.38. The van der Waals surface area contributed by atoms with E-state index in [2.05, 4.69) is 26.0 Å². The van der Waals surface area contributed by atoms with Gasteiger partial charge in [0.15, 0.2) is 6.10 Å². The van der Waals surface area contributed by atoms with Crippen molar-refractivity contribution in [3.8, 4) is 0 Å². The van der Waals surface area contributed by atoms with Gasteiger partial charge >= 0.3 is 19.8 Å². The predicted molar refractivity (Wildman–Crippen MR) is 248 cm³/mol. The smallest absolute Gasteiger partial charge is 0.462 e. The van der Waals surface area contributed by atoms with Crippen LogP contribution in [0.3, 0.4) is 0 Å². The number of hydrogen-bond donors (Lipinski definition) is 2. The van der Waals surface area contributed by atoms with E-state index >= 15 is 0 Å². The largest absolute Gasteiger partial charge is 0.472 e. The minimum Gasteiger partial charge on any atom is -0.462 e. The van der Waals surface area contributed by atoms with Gasteiger partial charge < -0.3 is 20.1 Å². The van der Waals surface area contributed by atoms with Crippen LogP contribution in [0.2, 0.25) is 0 Å². The maximum absolute atomic E-state index is 12.6. The standard InChI is InChI=1S/C49H96NO8P/c1-3-5-7-9-11-13-15-17-19-20-21-22-23-24-25-26-28-30-32-34-36-38-40-42-49(52)58-47(46-57-59(53,54)56-44-43-50)45-55-48(51)41-39-37-35-33-31-29-27-18-16-14-12-10-8-6-4-2/h31,33,47H,3-30,32,34-46,50H2,1-2H3,(H,53,54)/b33-31+/t47-/m1/s1. The van der Waals surface area contributed by atoms with Gasteiger partial charge in [0.1, 0.15) is 6.61 Å². The molecule has 0 spiro atoms. The Morgan fingerprint density at radius 1 is 0.492 bits per heavy atom. The highest BCUT2D eigenvalue weighted by molar-refractivity contribution is 7.47. The molecule has 0 aliphatic heterocycles. The van der Waals surface area contributed by atoms with Gasteiger partial charge in [-0.3, -0.25) is 18.6 Å². The molecule has 3 N–H and O–H groups in total. The number of carbonyl (C=O) groups is 2. The highest BCUT2D eigenvalue weighted by Crippen LogP contribution is 2.43. The summed E-state index contributed by atoms with van der Waals surface area (Å²) < 4.78 is 32.9. The summed E-state index contributed by atoms with van der Waals surface area (Å²) in [5, 5.41) is 0. The van der Waals surface area contributed by atoms with Crippen LogP contribution in [-0.4, -0.2) is 49.3 Å². The SMILES string of the molecule is CCCCCCCCCCC/C=C/CCCCC(=O)OC[C@H](COP(=O)(O)OCCN)OC(=O)CCCCCCCCCCCCCCCCCCCCCCCCC. The van der Waals surface area contributed by atoms with E-state index in [4.69, 9.17) is 24.3 Å². The van der Waals surface area contributed by atoms with Crippen molar-refractivity contribution in [2.45, 2.75) is 264 Å². The Hall–Kier alpha value is -1.25. The normalized spacial score (nSPS) is 13.2. The van der Waals surface area contributed by atoms with E-state index in [1.807, 2.05) is 0 Å². The Morgan fingerprint density at radius 3 is 1.24 bits per heavy atom. The molecule has 350 valence electrons. The topological polar surface area (TPSA) is 134 Å². The van der Waals surface area contributed by atoms with Crippen molar-refractivity contribution in [1.82, 2.24) is 0 Å². The maximum Gasteiger partial charge on any atom is 0.472 e. The van der Waals surface area contributed by atoms with Crippen molar-refractivity contribution in [2.75, 3.05) is 26.4 Å². The average Bonchev–Trinajstić information content (AvgIpc) is 3.22. The number of allylic oxidation sites excluding steroid dienone is 2. The first-order valence-electron chi connectivity index (χ1n) is 25.2. The van der Waals surface area contributed by atoms with Gasteiger partial charge in [0, 0.05) is 19.4 Å². The minimum absolute atomic E-state index is 0.0542. The number of unbranched alkanes of at least 4 members (excludes halogenated alkanes) is 33. The molecule has 9 nitrogen and oxygen atoms in total. The molecule has 0 aromatic rings. The summed E-state index contributed by atoms with van der Waals surface area (Å²) in [6.45, 7) is 3.76. The van der Waals surface area contributed by atoms with E-state index in [0.29, 0.717) is 12.8 Å². The third-order valence-corrected chi connectivity index (χ3v) is 12.1. The summed E-state index contributed by atoms with van der Waals surface area (Å²) in [5.41, 5.74) is 5.36. The summed E-state index contributed by atoms with van der Waals surface area (Å²) in [4.78, 5) is 35.0. The molecule has 2 atom stereocenters. The van der Waals surface area contributed by atoms with Crippen molar-refractivity contribution in [2.24, 2.45) is 5.73 Å². The first-order valence-corrected chi connectivity index (χ1v) is 26.7. The summed E-state index contributed by atoms with van der Waals surface area (Å²) >= 11 is 0. The number of rotatable bonds is 48. The zero-order valence-electron chi connectivity index (χ0n) is 38.8. The van der Waals surface area contributed by atoms with Gasteiger partial charge in [-0.05, 0) is 38.5 Å². The van der Waals surface area contributed by atoms with Crippen molar-refractivity contribution >= 4 is 19.8 Å². The van der Waals surface area contributed by atoms with Gasteiger partial charge in [-0.25, -0.2) is 4.57 Å². The lowest BCUT2D eigenvalue weighted by atomic mass is 10.0. The molecule has 0 aliphatic carbocycles. The third-order valence-electron chi connectivity index (χ3n) is 11.2. The van der Waals surface area contributed by atoms with E-state index < -0.39 is 32.5 Å². The fourth-order valence-electron chi connectivity index (χ4n) is 7.40. The Morgan fingerprint density at radius 2 is 0.831 bits per heavy atom. The van der Waals surface area contributed by atoms with E-state index in [1.165, 1.54) is 186 Å². The van der Waals surface area contributed by atoms with Gasteiger partial charge in [0.25, 0.3) is 0 Å². The van der Waals surface area contributed by atoms with Gasteiger partial charge in [-0.1, -0.05) is 219 Å². The van der Waals surface area contributed by atoms with Crippen LogP contribution >= 0.6 is 7.82 Å². The molecule has 10 heteroatoms. The van der Waals surface area contributed by atoms with Gasteiger partial charge in [-0.15, -0.1) is 0 Å². The molecular weight excluding hydrogens is 762 g/mol. The molecule has 0 radical (unpaired) electrons. The van der Waals surface area contributed by atoms with Crippen LogP contribution in [0.25, 0.3) is 0 Å². The molecule has 0 fully saturated rings. The zero-order chi connectivity index (χ0) is 43.2. The Labute approximate surface area is 364 Å². The van der Waals surface area contributed by atoms with Crippen LogP contribution in [-0.2, 0) is 32.7 Å². The maximum atomic E-state index is 12.6. The number of nitrogens with two attached hydrogens (primary N) is 1. The molecule has 0 heterocycles. The molecule has 0 aromatic heterocycles. The number of carbonyl (C=O) groups excluding carboxylic acids is 2. The highest BCUT2D eigenvalue weighted by Gasteiger charge is 2.26. The Bertz CT molecular complexity index is 980. The molecule has 0 saturated carbocycles. The van der Waals surface area contributed by atoms with Crippen molar-refractivity contribution in [3.05, 3.63) is 12.2 Å². The number of hydrogen-bond acceptors (Lipinski definition) is 8. The number of esters is 2. The molecule has 1 unspecified atom stereocenters. The molecule has 0 amide bonds. The highest BCUT2D eigenvalue weighted by atomic mass is 31.2. The van der Waals surface area contributed by atoms with E-state index in [9.17, 15) is 19.0 Å². The minimum atomic E-state index is -4.38. The molecule has 0 bridgehead atoms. The molecule has 59 heavy (non-hydrogen) atoms. The second-order valence-corrected chi connectivity index (χ2v) is 18.5. The molecule has 0 aliphatic rings. The molecule has 0 saturated heterocycles. The molecule has 0 aromatic carbocycles. The fraction of sp³-hybridized carbons (Fsp3) is 0.918. The number of ether oxygens (including phenoxy) is 2. The first kappa shape index (κ1) is 57.8. The van der Waals surface area contributed by atoms with Crippen molar-refractivity contribution < 1.29 is 37.6 Å². The van der Waals surface area contributed by atoms with Gasteiger partial charge in [0.2, 0.25) is 0 Å². The Balaban J connectivity index is 4.01. The molecular formula is C49H96NO8P.